The van der Waals surface area contributed by atoms with Gasteiger partial charge in [-0.2, -0.15) is 0 Å². The van der Waals surface area contributed by atoms with E-state index < -0.39 is 0 Å². The lowest BCUT2D eigenvalue weighted by molar-refractivity contribution is 0.0981. The van der Waals surface area contributed by atoms with Crippen LogP contribution < -0.4 is 0 Å². The molecule has 1 aromatic heterocycles. The van der Waals surface area contributed by atoms with Crippen molar-refractivity contribution in [3.8, 4) is 0 Å². The SMILES string of the molecule is CC1(c2ncc3c(n2)CCCCC3=O)CC1. The Bertz CT molecular complexity index is 449. The van der Waals surface area contributed by atoms with Crippen LogP contribution in [0, 0.1) is 0 Å². The van der Waals surface area contributed by atoms with E-state index >= 15 is 0 Å². The highest BCUT2D eigenvalue weighted by atomic mass is 16.1. The first-order valence-corrected chi connectivity index (χ1v) is 6.09. The third-order valence-electron chi connectivity index (χ3n) is 3.78. The first-order chi connectivity index (χ1) is 7.69. The van der Waals surface area contributed by atoms with Crippen molar-refractivity contribution in [2.45, 2.75) is 50.9 Å². The second kappa shape index (κ2) is 3.37. The highest BCUT2D eigenvalue weighted by molar-refractivity contribution is 5.97. The molecule has 0 bridgehead atoms. The number of fused-ring (bicyclic) bond motifs is 1. The fourth-order valence-electron chi connectivity index (χ4n) is 2.26. The highest BCUT2D eigenvalue weighted by Gasteiger charge is 2.42. The number of Topliss-reactive ketones (excluding diaryl/α,β-unsaturated/α-hetero) is 1. The van der Waals surface area contributed by atoms with Gasteiger partial charge in [0, 0.05) is 18.0 Å². The number of hydrogen-bond acceptors (Lipinski definition) is 3. The third-order valence-corrected chi connectivity index (χ3v) is 3.78. The summed E-state index contributed by atoms with van der Waals surface area (Å²) in [5.41, 5.74) is 1.95. The monoisotopic (exact) mass is 216 g/mol. The fraction of sp³-hybridized carbons (Fsp3) is 0.615. The molecule has 1 saturated carbocycles. The zero-order chi connectivity index (χ0) is 11.2. The maximum atomic E-state index is 11.8. The van der Waals surface area contributed by atoms with E-state index in [0.717, 1.165) is 36.3 Å². The Kier molecular flexibility index (Phi) is 2.09. The summed E-state index contributed by atoms with van der Waals surface area (Å²) in [6.07, 6.45) is 7.78. The van der Waals surface area contributed by atoms with E-state index in [9.17, 15) is 4.79 Å². The summed E-state index contributed by atoms with van der Waals surface area (Å²) in [4.78, 5) is 20.8. The Labute approximate surface area is 95.3 Å². The van der Waals surface area contributed by atoms with Gasteiger partial charge in [-0.25, -0.2) is 9.97 Å². The van der Waals surface area contributed by atoms with E-state index in [1.165, 1.54) is 12.8 Å². The number of rotatable bonds is 1. The van der Waals surface area contributed by atoms with Crippen molar-refractivity contribution in [2.24, 2.45) is 0 Å². The highest BCUT2D eigenvalue weighted by Crippen LogP contribution is 2.45. The summed E-state index contributed by atoms with van der Waals surface area (Å²) < 4.78 is 0. The molecule has 0 spiro atoms. The van der Waals surface area contributed by atoms with Crippen molar-refractivity contribution < 1.29 is 4.79 Å². The number of carbonyl (C=O) groups excluding carboxylic acids is 1. The number of nitrogens with zero attached hydrogens (tertiary/aromatic N) is 2. The van der Waals surface area contributed by atoms with Crippen molar-refractivity contribution in [1.82, 2.24) is 9.97 Å². The lowest BCUT2D eigenvalue weighted by Crippen LogP contribution is -2.12. The zero-order valence-electron chi connectivity index (χ0n) is 9.62. The van der Waals surface area contributed by atoms with Crippen LogP contribution in [0.2, 0.25) is 0 Å². The summed E-state index contributed by atoms with van der Waals surface area (Å²) in [5, 5.41) is 0. The van der Waals surface area contributed by atoms with E-state index in [1.807, 2.05) is 0 Å². The van der Waals surface area contributed by atoms with Crippen molar-refractivity contribution >= 4 is 5.78 Å². The van der Waals surface area contributed by atoms with Gasteiger partial charge in [-0.1, -0.05) is 6.92 Å². The summed E-state index contributed by atoms with van der Waals surface area (Å²) in [5.74, 6) is 1.17. The van der Waals surface area contributed by atoms with E-state index in [-0.39, 0.29) is 11.2 Å². The lowest BCUT2D eigenvalue weighted by Gasteiger charge is -2.10. The molecule has 0 N–H and O–H groups in total. The molecule has 2 aliphatic carbocycles. The Hall–Kier alpha value is -1.25. The second-order valence-corrected chi connectivity index (χ2v) is 5.24. The van der Waals surface area contributed by atoms with Crippen LogP contribution in [0.1, 0.15) is 60.9 Å². The van der Waals surface area contributed by atoms with Gasteiger partial charge in [0.1, 0.15) is 5.82 Å². The predicted molar refractivity (Wildman–Crippen MR) is 60.5 cm³/mol. The Balaban J connectivity index is 2.03. The van der Waals surface area contributed by atoms with Gasteiger partial charge in [0.05, 0.1) is 11.3 Å². The molecule has 1 fully saturated rings. The Morgan fingerprint density at radius 3 is 2.75 bits per heavy atom. The van der Waals surface area contributed by atoms with Crippen molar-refractivity contribution in [3.05, 3.63) is 23.3 Å². The molecule has 3 nitrogen and oxygen atoms in total. The van der Waals surface area contributed by atoms with Crippen LogP contribution in [0.3, 0.4) is 0 Å². The van der Waals surface area contributed by atoms with Gasteiger partial charge in [-0.05, 0) is 32.1 Å². The number of hydrogen-bond donors (Lipinski definition) is 0. The number of aryl methyl sites for hydroxylation is 1. The fourth-order valence-corrected chi connectivity index (χ4v) is 2.26. The molecule has 16 heavy (non-hydrogen) atoms. The zero-order valence-corrected chi connectivity index (χ0v) is 9.62. The molecule has 0 aromatic carbocycles. The van der Waals surface area contributed by atoms with Gasteiger partial charge >= 0.3 is 0 Å². The van der Waals surface area contributed by atoms with E-state index in [0.29, 0.717) is 6.42 Å². The van der Waals surface area contributed by atoms with Crippen LogP contribution in [-0.4, -0.2) is 15.8 Å². The van der Waals surface area contributed by atoms with Gasteiger partial charge < -0.3 is 0 Å². The predicted octanol–water partition coefficient (Wildman–Crippen LogP) is 2.44. The van der Waals surface area contributed by atoms with Crippen molar-refractivity contribution in [3.63, 3.8) is 0 Å². The van der Waals surface area contributed by atoms with E-state index in [1.54, 1.807) is 6.20 Å². The maximum absolute atomic E-state index is 11.8. The second-order valence-electron chi connectivity index (χ2n) is 5.24. The quantitative estimate of drug-likeness (QED) is 0.677. The van der Waals surface area contributed by atoms with Crippen LogP contribution in [0.4, 0.5) is 0 Å². The first-order valence-electron chi connectivity index (χ1n) is 6.09. The molecule has 2 aliphatic rings. The van der Waals surface area contributed by atoms with Crippen molar-refractivity contribution in [1.29, 1.82) is 0 Å². The molecule has 0 radical (unpaired) electrons. The van der Waals surface area contributed by atoms with Gasteiger partial charge in [-0.15, -0.1) is 0 Å². The third kappa shape index (κ3) is 1.55. The molecule has 1 heterocycles. The Morgan fingerprint density at radius 1 is 1.25 bits per heavy atom. The normalized spacial score (nSPS) is 22.4. The summed E-state index contributed by atoms with van der Waals surface area (Å²) in [6.45, 7) is 2.20. The average molecular weight is 216 g/mol. The topological polar surface area (TPSA) is 42.9 Å². The lowest BCUT2D eigenvalue weighted by atomic mass is 10.1. The van der Waals surface area contributed by atoms with E-state index in [2.05, 4.69) is 16.9 Å². The number of aromatic nitrogens is 2. The Morgan fingerprint density at radius 2 is 2.00 bits per heavy atom. The van der Waals surface area contributed by atoms with Crippen LogP contribution in [0.25, 0.3) is 0 Å². The molecule has 0 atom stereocenters. The number of carbonyl (C=O) groups is 1. The largest absolute Gasteiger partial charge is 0.294 e. The van der Waals surface area contributed by atoms with Gasteiger partial charge in [0.25, 0.3) is 0 Å². The standard InChI is InChI=1S/C13H16N2O/c1-13(6-7-13)12-14-8-9-10(15-12)4-2-3-5-11(9)16/h8H,2-7H2,1H3. The molecular formula is C13H16N2O. The minimum Gasteiger partial charge on any atom is -0.294 e. The minimum absolute atomic E-state index is 0.199. The summed E-state index contributed by atoms with van der Waals surface area (Å²) >= 11 is 0. The summed E-state index contributed by atoms with van der Waals surface area (Å²) in [6, 6.07) is 0. The number of ketones is 1. The molecule has 3 heteroatoms. The molecule has 3 rings (SSSR count). The van der Waals surface area contributed by atoms with Gasteiger partial charge in [0.2, 0.25) is 0 Å². The summed E-state index contributed by atoms with van der Waals surface area (Å²) in [7, 11) is 0. The molecule has 0 amide bonds. The molecule has 1 aromatic rings. The molecule has 0 aliphatic heterocycles. The molecule has 0 saturated heterocycles. The average Bonchev–Trinajstić information content (AvgIpc) is 3.05. The smallest absolute Gasteiger partial charge is 0.166 e. The maximum Gasteiger partial charge on any atom is 0.166 e. The van der Waals surface area contributed by atoms with Gasteiger partial charge in [-0.3, -0.25) is 4.79 Å². The molecular weight excluding hydrogens is 200 g/mol. The van der Waals surface area contributed by atoms with Gasteiger partial charge in [0.15, 0.2) is 5.78 Å². The molecule has 0 unspecified atom stereocenters. The van der Waals surface area contributed by atoms with Crippen LogP contribution in [0.5, 0.6) is 0 Å². The van der Waals surface area contributed by atoms with Crippen LogP contribution >= 0.6 is 0 Å². The minimum atomic E-state index is 0.199. The first kappa shape index (κ1) is 9.94. The van der Waals surface area contributed by atoms with Crippen molar-refractivity contribution in [2.75, 3.05) is 0 Å². The van der Waals surface area contributed by atoms with E-state index in [4.69, 9.17) is 0 Å². The van der Waals surface area contributed by atoms with Crippen LogP contribution in [0.15, 0.2) is 6.20 Å². The van der Waals surface area contributed by atoms with Crippen LogP contribution in [-0.2, 0) is 11.8 Å². The molecule has 84 valence electrons.